The number of aromatic nitrogens is 1. The van der Waals surface area contributed by atoms with Gasteiger partial charge in [-0.25, -0.2) is 4.98 Å². The van der Waals surface area contributed by atoms with E-state index < -0.39 is 0 Å². The second-order valence-electron chi connectivity index (χ2n) is 6.35. The smallest absolute Gasteiger partial charge is 0.133 e. The molecule has 20 heavy (non-hydrogen) atoms. The Morgan fingerprint density at radius 3 is 2.80 bits per heavy atom. The van der Waals surface area contributed by atoms with Gasteiger partial charge in [-0.3, -0.25) is 4.90 Å². The number of nitrogens with zero attached hydrogens (tertiary/aromatic N) is 3. The second kappa shape index (κ2) is 5.70. The Kier molecular flexibility index (Phi) is 3.94. The Bertz CT molecular complexity index is 473. The molecule has 4 heteroatoms. The van der Waals surface area contributed by atoms with Crippen LogP contribution in [0.3, 0.4) is 0 Å². The molecule has 1 fully saturated rings. The van der Waals surface area contributed by atoms with Gasteiger partial charge in [-0.15, -0.1) is 0 Å². The maximum absolute atomic E-state index is 9.67. The van der Waals surface area contributed by atoms with Gasteiger partial charge >= 0.3 is 0 Å². The number of fused-ring (bicyclic) bond motifs is 1. The van der Waals surface area contributed by atoms with E-state index in [1.807, 2.05) is 6.92 Å². The summed E-state index contributed by atoms with van der Waals surface area (Å²) in [4.78, 5) is 9.42. The highest BCUT2D eigenvalue weighted by molar-refractivity contribution is 5.48. The van der Waals surface area contributed by atoms with E-state index in [1.165, 1.54) is 24.9 Å². The first-order valence-electron chi connectivity index (χ1n) is 7.70. The third-order valence-electron chi connectivity index (χ3n) is 4.57. The van der Waals surface area contributed by atoms with Crippen LogP contribution in [0, 0.1) is 12.8 Å². The largest absolute Gasteiger partial charge is 0.394 e. The highest BCUT2D eigenvalue weighted by Crippen LogP contribution is 2.32. The molecule has 1 aromatic rings. The lowest BCUT2D eigenvalue weighted by atomic mass is 10.1. The van der Waals surface area contributed by atoms with Crippen LogP contribution in [0.15, 0.2) is 12.1 Å². The number of rotatable bonds is 3. The predicted octanol–water partition coefficient (Wildman–Crippen LogP) is 1.80. The number of anilines is 1. The van der Waals surface area contributed by atoms with Crippen molar-refractivity contribution in [1.29, 1.82) is 0 Å². The van der Waals surface area contributed by atoms with E-state index in [0.29, 0.717) is 0 Å². The number of aliphatic hydroxyl groups is 1. The lowest BCUT2D eigenvalue weighted by molar-refractivity contribution is 0.205. The zero-order chi connectivity index (χ0) is 14.1. The molecule has 2 heterocycles. The third-order valence-corrected chi connectivity index (χ3v) is 4.57. The molecular formula is C16H25N3O. The molecule has 1 atom stereocenters. The van der Waals surface area contributed by atoms with Crippen molar-refractivity contribution in [3.8, 4) is 0 Å². The van der Waals surface area contributed by atoms with Crippen molar-refractivity contribution in [2.24, 2.45) is 5.92 Å². The molecule has 3 rings (SSSR count). The highest BCUT2D eigenvalue weighted by Gasteiger charge is 2.28. The van der Waals surface area contributed by atoms with Crippen molar-refractivity contribution in [2.45, 2.75) is 38.8 Å². The quantitative estimate of drug-likeness (QED) is 0.913. The fourth-order valence-corrected chi connectivity index (χ4v) is 3.05. The summed E-state index contributed by atoms with van der Waals surface area (Å²) in [5.41, 5.74) is 2.33. The summed E-state index contributed by atoms with van der Waals surface area (Å²) in [6.45, 7) is 5.49. The van der Waals surface area contributed by atoms with Gasteiger partial charge in [0, 0.05) is 37.9 Å². The molecule has 0 radical (unpaired) electrons. The summed E-state index contributed by atoms with van der Waals surface area (Å²) in [5, 5.41) is 9.67. The van der Waals surface area contributed by atoms with E-state index >= 15 is 0 Å². The van der Waals surface area contributed by atoms with Crippen molar-refractivity contribution in [1.82, 2.24) is 9.88 Å². The van der Waals surface area contributed by atoms with E-state index in [9.17, 15) is 5.11 Å². The fraction of sp³-hybridized carbons (Fsp3) is 0.688. The average molecular weight is 275 g/mol. The van der Waals surface area contributed by atoms with Crippen LogP contribution < -0.4 is 4.90 Å². The third kappa shape index (κ3) is 2.96. The minimum Gasteiger partial charge on any atom is -0.394 e. The molecule has 0 aromatic carbocycles. The normalized spacial score (nSPS) is 24.1. The predicted molar refractivity (Wildman–Crippen MR) is 80.9 cm³/mol. The molecule has 0 bridgehead atoms. The number of likely N-dealkylation sites (N-methyl/N-ethyl adjacent to an activating group) is 1. The summed E-state index contributed by atoms with van der Waals surface area (Å²) >= 11 is 0. The van der Waals surface area contributed by atoms with E-state index in [-0.39, 0.29) is 12.6 Å². The first-order chi connectivity index (χ1) is 9.67. The van der Waals surface area contributed by atoms with Crippen molar-refractivity contribution < 1.29 is 5.11 Å². The van der Waals surface area contributed by atoms with Crippen molar-refractivity contribution in [2.75, 3.05) is 31.6 Å². The van der Waals surface area contributed by atoms with Crippen LogP contribution in [0.2, 0.25) is 0 Å². The second-order valence-corrected chi connectivity index (χ2v) is 6.35. The molecule has 1 aliphatic carbocycles. The number of aryl methyl sites for hydroxylation is 1. The number of hydrogen-bond donors (Lipinski definition) is 1. The molecular weight excluding hydrogens is 250 g/mol. The topological polar surface area (TPSA) is 39.6 Å². The molecule has 1 N–H and O–H groups in total. The van der Waals surface area contributed by atoms with Crippen LogP contribution in [0.1, 0.15) is 30.5 Å². The van der Waals surface area contributed by atoms with Gasteiger partial charge in [0.1, 0.15) is 5.82 Å². The van der Waals surface area contributed by atoms with Crippen molar-refractivity contribution in [3.63, 3.8) is 0 Å². The number of pyridine rings is 1. The summed E-state index contributed by atoms with van der Waals surface area (Å²) in [6.07, 6.45) is 3.78. The molecule has 0 amide bonds. The lowest BCUT2D eigenvalue weighted by Gasteiger charge is -2.35. The van der Waals surface area contributed by atoms with Gasteiger partial charge in [-0.2, -0.15) is 0 Å². The van der Waals surface area contributed by atoms with Crippen LogP contribution in [0.5, 0.6) is 0 Å². The van der Waals surface area contributed by atoms with Gasteiger partial charge in [0.15, 0.2) is 0 Å². The summed E-state index contributed by atoms with van der Waals surface area (Å²) in [6, 6.07) is 4.47. The number of hydrogen-bond acceptors (Lipinski definition) is 4. The monoisotopic (exact) mass is 275 g/mol. The van der Waals surface area contributed by atoms with Crippen LogP contribution in [-0.4, -0.2) is 47.8 Å². The first kappa shape index (κ1) is 13.8. The zero-order valence-electron chi connectivity index (χ0n) is 12.5. The Hall–Kier alpha value is -1.13. The summed E-state index contributed by atoms with van der Waals surface area (Å²) in [5.74, 6) is 1.95. The van der Waals surface area contributed by atoms with Gasteiger partial charge in [-0.05, 0) is 38.2 Å². The fourth-order valence-electron chi connectivity index (χ4n) is 3.05. The molecule has 1 unspecified atom stereocenters. The molecule has 0 spiro atoms. The SMILES string of the molecule is Cc1ccc2c(n1)N(C)C(CO)CCN(CC1CC1)C2. The van der Waals surface area contributed by atoms with Crippen molar-refractivity contribution >= 4 is 5.82 Å². The van der Waals surface area contributed by atoms with Gasteiger partial charge in [0.25, 0.3) is 0 Å². The standard InChI is InChI=1S/C16H25N3O/c1-12-3-6-14-10-19(9-13-4-5-13)8-7-15(11-20)18(2)16(14)17-12/h3,6,13,15,20H,4-5,7-11H2,1-2H3. The van der Waals surface area contributed by atoms with E-state index in [0.717, 1.165) is 36.9 Å². The van der Waals surface area contributed by atoms with E-state index in [4.69, 9.17) is 4.98 Å². The van der Waals surface area contributed by atoms with Crippen molar-refractivity contribution in [3.05, 3.63) is 23.4 Å². The van der Waals surface area contributed by atoms with Gasteiger partial charge in [-0.1, -0.05) is 6.07 Å². The maximum Gasteiger partial charge on any atom is 0.133 e. The summed E-state index contributed by atoms with van der Waals surface area (Å²) in [7, 11) is 2.06. The number of aliphatic hydroxyl groups excluding tert-OH is 1. The molecule has 1 saturated carbocycles. The molecule has 2 aliphatic rings. The molecule has 4 nitrogen and oxygen atoms in total. The van der Waals surface area contributed by atoms with Gasteiger partial charge in [0.2, 0.25) is 0 Å². The van der Waals surface area contributed by atoms with Crippen LogP contribution >= 0.6 is 0 Å². The van der Waals surface area contributed by atoms with Gasteiger partial charge < -0.3 is 10.0 Å². The maximum atomic E-state index is 9.67. The average Bonchev–Trinajstić information content (AvgIpc) is 3.23. The Morgan fingerprint density at radius 2 is 2.10 bits per heavy atom. The van der Waals surface area contributed by atoms with E-state index in [1.54, 1.807) is 0 Å². The molecule has 0 saturated heterocycles. The minimum absolute atomic E-state index is 0.171. The summed E-state index contributed by atoms with van der Waals surface area (Å²) < 4.78 is 0. The van der Waals surface area contributed by atoms with E-state index in [2.05, 4.69) is 29.0 Å². The zero-order valence-corrected chi connectivity index (χ0v) is 12.5. The first-order valence-corrected chi connectivity index (χ1v) is 7.70. The molecule has 1 aromatic heterocycles. The lowest BCUT2D eigenvalue weighted by Crippen LogP contribution is -2.42. The van der Waals surface area contributed by atoms with Gasteiger partial charge in [0.05, 0.1) is 12.6 Å². The van der Waals surface area contributed by atoms with Crippen LogP contribution in [0.25, 0.3) is 0 Å². The van der Waals surface area contributed by atoms with Crippen LogP contribution in [-0.2, 0) is 6.54 Å². The van der Waals surface area contributed by atoms with Crippen LogP contribution in [0.4, 0.5) is 5.82 Å². The Labute approximate surface area is 121 Å². The Balaban J connectivity index is 1.88. The molecule has 1 aliphatic heterocycles. The molecule has 110 valence electrons. The minimum atomic E-state index is 0.171. The highest BCUT2D eigenvalue weighted by atomic mass is 16.3. The Morgan fingerprint density at radius 1 is 1.30 bits per heavy atom.